The largest absolute Gasteiger partial charge is 0.321 e. The van der Waals surface area contributed by atoms with Gasteiger partial charge in [-0.2, -0.15) is 0 Å². The Balaban J connectivity index is 1.91. The van der Waals surface area contributed by atoms with E-state index >= 15 is 0 Å². The fourth-order valence-corrected chi connectivity index (χ4v) is 2.91. The lowest BCUT2D eigenvalue weighted by atomic mass is 10.1. The van der Waals surface area contributed by atoms with Gasteiger partial charge in [0.05, 0.1) is 11.3 Å². The normalized spacial score (nSPS) is 15.5. The molecule has 1 N–H and O–H groups in total. The van der Waals surface area contributed by atoms with E-state index in [4.69, 9.17) is 0 Å². The van der Waals surface area contributed by atoms with Crippen LogP contribution in [0.15, 0.2) is 53.3 Å². The summed E-state index contributed by atoms with van der Waals surface area (Å²) in [6.45, 7) is 0. The molecule has 0 atom stereocenters. The molecule has 102 valence electrons. The quantitative estimate of drug-likeness (QED) is 0.688. The third-order valence-corrected chi connectivity index (χ3v) is 4.01. The number of benzene rings is 1. The fourth-order valence-electron chi connectivity index (χ4n) is 2.55. The molecular formula is C16H10BrN3O. The molecule has 0 spiro atoms. The SMILES string of the molecule is O=C1Nc2cc(Br)ccc2C1=Cc1cccc2nccn12. The molecule has 1 aromatic carbocycles. The number of halogens is 1. The first-order valence-electron chi connectivity index (χ1n) is 6.47. The standard InChI is InChI=1S/C16H10BrN3O/c17-10-4-5-12-13(16(21)19-14(12)8-10)9-11-2-1-3-15-18-6-7-20(11)15/h1-9H,(H,19,21). The number of nitrogens with one attached hydrogen (secondary N) is 1. The van der Waals surface area contributed by atoms with Crippen molar-refractivity contribution < 1.29 is 4.79 Å². The minimum absolute atomic E-state index is 0.0831. The number of amides is 1. The highest BCUT2D eigenvalue weighted by Gasteiger charge is 2.24. The number of pyridine rings is 1. The highest BCUT2D eigenvalue weighted by atomic mass is 79.9. The molecule has 0 aliphatic carbocycles. The van der Waals surface area contributed by atoms with Gasteiger partial charge in [-0.25, -0.2) is 4.98 Å². The van der Waals surface area contributed by atoms with Crippen LogP contribution in [0.3, 0.4) is 0 Å². The van der Waals surface area contributed by atoms with Gasteiger partial charge in [0.1, 0.15) is 5.65 Å². The summed E-state index contributed by atoms with van der Waals surface area (Å²) in [5.41, 5.74) is 4.20. The molecule has 2 aromatic heterocycles. The van der Waals surface area contributed by atoms with Gasteiger partial charge in [-0.15, -0.1) is 0 Å². The lowest BCUT2D eigenvalue weighted by Gasteiger charge is -2.02. The molecular weight excluding hydrogens is 330 g/mol. The second kappa shape index (κ2) is 4.56. The van der Waals surface area contributed by atoms with E-state index in [-0.39, 0.29) is 5.91 Å². The van der Waals surface area contributed by atoms with Crippen LogP contribution in [-0.4, -0.2) is 15.3 Å². The van der Waals surface area contributed by atoms with Crippen molar-refractivity contribution in [3.8, 4) is 0 Å². The molecule has 4 rings (SSSR count). The van der Waals surface area contributed by atoms with E-state index in [1.165, 1.54) is 0 Å². The maximum atomic E-state index is 12.2. The Kier molecular flexibility index (Phi) is 2.68. The van der Waals surface area contributed by atoms with E-state index in [2.05, 4.69) is 26.2 Å². The Hall–Kier alpha value is -2.40. The van der Waals surface area contributed by atoms with Gasteiger partial charge in [0.2, 0.25) is 0 Å². The average molecular weight is 340 g/mol. The van der Waals surface area contributed by atoms with Crippen molar-refractivity contribution in [1.29, 1.82) is 0 Å². The molecule has 1 aliphatic rings. The molecule has 0 unspecified atom stereocenters. The molecule has 1 amide bonds. The molecule has 0 fully saturated rings. The van der Waals surface area contributed by atoms with Crippen molar-refractivity contribution in [3.05, 3.63) is 64.5 Å². The van der Waals surface area contributed by atoms with E-state index < -0.39 is 0 Å². The number of imidazole rings is 1. The summed E-state index contributed by atoms with van der Waals surface area (Å²) in [5.74, 6) is -0.0831. The van der Waals surface area contributed by atoms with Crippen LogP contribution in [0.25, 0.3) is 17.3 Å². The van der Waals surface area contributed by atoms with Crippen LogP contribution in [0.4, 0.5) is 5.69 Å². The van der Waals surface area contributed by atoms with Crippen LogP contribution in [0.2, 0.25) is 0 Å². The van der Waals surface area contributed by atoms with E-state index in [9.17, 15) is 4.79 Å². The lowest BCUT2D eigenvalue weighted by Crippen LogP contribution is -2.04. The number of carbonyl (C=O) groups is 1. The van der Waals surface area contributed by atoms with Crippen LogP contribution in [-0.2, 0) is 4.79 Å². The number of hydrogen-bond donors (Lipinski definition) is 1. The van der Waals surface area contributed by atoms with E-state index in [0.29, 0.717) is 5.57 Å². The number of aromatic nitrogens is 2. The van der Waals surface area contributed by atoms with Gasteiger partial charge in [-0.05, 0) is 30.3 Å². The zero-order valence-corrected chi connectivity index (χ0v) is 12.5. The maximum Gasteiger partial charge on any atom is 0.256 e. The first-order valence-corrected chi connectivity index (χ1v) is 7.27. The van der Waals surface area contributed by atoms with Crippen LogP contribution in [0, 0.1) is 0 Å². The zero-order chi connectivity index (χ0) is 14.4. The summed E-state index contributed by atoms with van der Waals surface area (Å²) in [5, 5.41) is 2.89. The summed E-state index contributed by atoms with van der Waals surface area (Å²) < 4.78 is 2.90. The topological polar surface area (TPSA) is 46.4 Å². The molecule has 5 heteroatoms. The predicted octanol–water partition coefficient (Wildman–Crippen LogP) is 3.59. The van der Waals surface area contributed by atoms with Crippen LogP contribution in [0.5, 0.6) is 0 Å². The number of carbonyl (C=O) groups excluding carboxylic acids is 1. The van der Waals surface area contributed by atoms with Crippen molar-refractivity contribution in [1.82, 2.24) is 9.38 Å². The molecule has 0 saturated heterocycles. The number of nitrogens with zero attached hydrogens (tertiary/aromatic N) is 2. The summed E-state index contributed by atoms with van der Waals surface area (Å²) in [6.07, 6.45) is 5.53. The number of anilines is 1. The maximum absolute atomic E-state index is 12.2. The monoisotopic (exact) mass is 339 g/mol. The summed E-state index contributed by atoms with van der Waals surface area (Å²) in [4.78, 5) is 16.5. The van der Waals surface area contributed by atoms with Gasteiger partial charge in [0.25, 0.3) is 5.91 Å². The van der Waals surface area contributed by atoms with Crippen molar-refractivity contribution in [3.63, 3.8) is 0 Å². The van der Waals surface area contributed by atoms with Crippen LogP contribution in [0.1, 0.15) is 11.3 Å². The van der Waals surface area contributed by atoms with E-state index in [1.54, 1.807) is 6.20 Å². The number of hydrogen-bond acceptors (Lipinski definition) is 2. The Morgan fingerprint density at radius 1 is 1.24 bits per heavy atom. The highest BCUT2D eigenvalue weighted by molar-refractivity contribution is 9.10. The lowest BCUT2D eigenvalue weighted by molar-refractivity contribution is -0.110. The Morgan fingerprint density at radius 2 is 2.14 bits per heavy atom. The minimum Gasteiger partial charge on any atom is -0.321 e. The van der Waals surface area contributed by atoms with Gasteiger partial charge < -0.3 is 9.72 Å². The Bertz CT molecular complexity index is 911. The van der Waals surface area contributed by atoms with Crippen LogP contribution >= 0.6 is 15.9 Å². The summed E-state index contributed by atoms with van der Waals surface area (Å²) in [7, 11) is 0. The van der Waals surface area contributed by atoms with Gasteiger partial charge in [-0.3, -0.25) is 4.79 Å². The molecule has 3 aromatic rings. The second-order valence-corrected chi connectivity index (χ2v) is 5.72. The predicted molar refractivity (Wildman–Crippen MR) is 85.8 cm³/mol. The van der Waals surface area contributed by atoms with Gasteiger partial charge >= 0.3 is 0 Å². The fraction of sp³-hybridized carbons (Fsp3) is 0. The molecule has 4 nitrogen and oxygen atoms in total. The molecule has 1 aliphatic heterocycles. The van der Waals surface area contributed by atoms with Crippen molar-refractivity contribution >= 4 is 44.8 Å². The molecule has 0 radical (unpaired) electrons. The number of fused-ring (bicyclic) bond motifs is 2. The highest BCUT2D eigenvalue weighted by Crippen LogP contribution is 2.34. The van der Waals surface area contributed by atoms with Crippen molar-refractivity contribution in [2.45, 2.75) is 0 Å². The number of rotatable bonds is 1. The molecule has 3 heterocycles. The summed E-state index contributed by atoms with van der Waals surface area (Å²) in [6, 6.07) is 11.6. The van der Waals surface area contributed by atoms with Crippen molar-refractivity contribution in [2.75, 3.05) is 5.32 Å². The summed E-state index contributed by atoms with van der Waals surface area (Å²) >= 11 is 3.42. The van der Waals surface area contributed by atoms with E-state index in [0.717, 1.165) is 27.1 Å². The average Bonchev–Trinajstić information content (AvgIpc) is 3.04. The molecule has 0 bridgehead atoms. The minimum atomic E-state index is -0.0831. The Morgan fingerprint density at radius 3 is 3.05 bits per heavy atom. The first-order chi connectivity index (χ1) is 10.2. The van der Waals surface area contributed by atoms with Gasteiger partial charge in [-0.1, -0.05) is 28.1 Å². The van der Waals surface area contributed by atoms with Crippen molar-refractivity contribution in [2.24, 2.45) is 0 Å². The van der Waals surface area contributed by atoms with E-state index in [1.807, 2.05) is 53.1 Å². The molecule has 0 saturated carbocycles. The molecule has 21 heavy (non-hydrogen) atoms. The third kappa shape index (κ3) is 1.97. The van der Waals surface area contributed by atoms with Crippen LogP contribution < -0.4 is 5.32 Å². The van der Waals surface area contributed by atoms with Gasteiger partial charge in [0.15, 0.2) is 0 Å². The first kappa shape index (κ1) is 12.3. The van der Waals surface area contributed by atoms with Gasteiger partial charge in [0, 0.05) is 28.1 Å². The smallest absolute Gasteiger partial charge is 0.256 e. The zero-order valence-electron chi connectivity index (χ0n) is 10.9. The Labute approximate surface area is 129 Å². The third-order valence-electron chi connectivity index (χ3n) is 3.52. The second-order valence-electron chi connectivity index (χ2n) is 4.81.